The second-order valence-corrected chi connectivity index (χ2v) is 10.3. The Hall–Kier alpha value is -1.60. The van der Waals surface area contributed by atoms with Gasteiger partial charge in [0.2, 0.25) is 10.0 Å². The molecule has 0 unspecified atom stereocenters. The fourth-order valence-corrected chi connectivity index (χ4v) is 6.40. The number of rotatable bonds is 5. The van der Waals surface area contributed by atoms with Gasteiger partial charge in [0.1, 0.15) is 5.75 Å². The molecule has 27 heavy (non-hydrogen) atoms. The maximum Gasteiger partial charge on any atom is 0.260 e. The standard InChI is InChI=1S/C20H30N2O4S/c1-15(2)12-22-13-17-8-10-21(11-9-19(17)27(22,24)25)20(23)14-26-18-6-4-16(3)5-7-18/h4-7,15,17,19H,8-14H2,1-3H3/t17-,19-/m1/s1. The molecule has 7 heteroatoms. The molecule has 1 aromatic carbocycles. The van der Waals surface area contributed by atoms with Gasteiger partial charge in [-0.25, -0.2) is 12.7 Å². The van der Waals surface area contributed by atoms with E-state index in [0.717, 1.165) is 12.0 Å². The van der Waals surface area contributed by atoms with Crippen molar-refractivity contribution in [3.8, 4) is 5.75 Å². The minimum absolute atomic E-state index is 0.00931. The first-order valence-electron chi connectivity index (χ1n) is 9.73. The molecule has 150 valence electrons. The smallest absolute Gasteiger partial charge is 0.260 e. The molecule has 2 atom stereocenters. The Bertz CT molecular complexity index is 761. The van der Waals surface area contributed by atoms with Crippen LogP contribution in [0.4, 0.5) is 0 Å². The van der Waals surface area contributed by atoms with Crippen molar-refractivity contribution in [3.63, 3.8) is 0 Å². The summed E-state index contributed by atoms with van der Waals surface area (Å²) in [6.45, 7) is 8.32. The SMILES string of the molecule is Cc1ccc(OCC(=O)N2CC[C@@H]3CN(CC(C)C)S(=O)(=O)[C@@H]3CC2)cc1. The molecule has 0 bridgehead atoms. The van der Waals surface area contributed by atoms with Gasteiger partial charge >= 0.3 is 0 Å². The van der Waals surface area contributed by atoms with E-state index in [1.54, 1.807) is 9.21 Å². The molecule has 2 aliphatic heterocycles. The number of carbonyl (C=O) groups excluding carboxylic acids is 1. The summed E-state index contributed by atoms with van der Waals surface area (Å²) >= 11 is 0. The Labute approximate surface area is 162 Å². The minimum Gasteiger partial charge on any atom is -0.484 e. The zero-order valence-corrected chi connectivity index (χ0v) is 17.2. The molecule has 1 aromatic rings. The lowest BCUT2D eigenvalue weighted by Crippen LogP contribution is -2.37. The van der Waals surface area contributed by atoms with Crippen LogP contribution in [0.25, 0.3) is 0 Å². The zero-order chi connectivity index (χ0) is 19.6. The highest BCUT2D eigenvalue weighted by Crippen LogP contribution is 2.34. The van der Waals surface area contributed by atoms with E-state index in [9.17, 15) is 13.2 Å². The summed E-state index contributed by atoms with van der Waals surface area (Å²) in [6, 6.07) is 7.60. The Morgan fingerprint density at radius 1 is 1.19 bits per heavy atom. The number of likely N-dealkylation sites (tertiary alicyclic amines) is 1. The van der Waals surface area contributed by atoms with E-state index in [0.29, 0.717) is 44.3 Å². The van der Waals surface area contributed by atoms with Crippen molar-refractivity contribution < 1.29 is 17.9 Å². The molecule has 2 saturated heterocycles. The van der Waals surface area contributed by atoms with E-state index in [4.69, 9.17) is 4.74 Å². The Balaban J connectivity index is 1.56. The molecular weight excluding hydrogens is 364 g/mol. The second-order valence-electron chi connectivity index (χ2n) is 8.11. The molecule has 1 amide bonds. The van der Waals surface area contributed by atoms with Crippen molar-refractivity contribution >= 4 is 15.9 Å². The monoisotopic (exact) mass is 394 g/mol. The summed E-state index contributed by atoms with van der Waals surface area (Å²) in [5.74, 6) is 1.03. The highest BCUT2D eigenvalue weighted by molar-refractivity contribution is 7.90. The fraction of sp³-hybridized carbons (Fsp3) is 0.650. The Morgan fingerprint density at radius 3 is 2.52 bits per heavy atom. The average Bonchev–Trinajstić information content (AvgIpc) is 2.76. The molecule has 0 aromatic heterocycles. The summed E-state index contributed by atoms with van der Waals surface area (Å²) < 4.78 is 32.9. The predicted molar refractivity (Wildman–Crippen MR) is 105 cm³/mol. The number of benzene rings is 1. The van der Waals surface area contributed by atoms with Crippen molar-refractivity contribution in [2.45, 2.75) is 38.9 Å². The van der Waals surface area contributed by atoms with E-state index < -0.39 is 10.0 Å². The van der Waals surface area contributed by atoms with Crippen molar-refractivity contribution in [3.05, 3.63) is 29.8 Å². The molecule has 0 spiro atoms. The van der Waals surface area contributed by atoms with E-state index in [2.05, 4.69) is 0 Å². The van der Waals surface area contributed by atoms with Gasteiger partial charge in [-0.05, 0) is 43.7 Å². The summed E-state index contributed by atoms with van der Waals surface area (Å²) in [6.07, 6.45) is 1.24. The van der Waals surface area contributed by atoms with E-state index >= 15 is 0 Å². The summed E-state index contributed by atoms with van der Waals surface area (Å²) in [5, 5.41) is -0.355. The van der Waals surface area contributed by atoms with Crippen LogP contribution in [0, 0.1) is 18.8 Å². The highest BCUT2D eigenvalue weighted by atomic mass is 32.2. The molecule has 0 N–H and O–H groups in total. The summed E-state index contributed by atoms with van der Waals surface area (Å²) in [7, 11) is -3.25. The quantitative estimate of drug-likeness (QED) is 0.768. The maximum absolute atomic E-state index is 12.8. The second kappa shape index (κ2) is 8.19. The molecule has 0 saturated carbocycles. The van der Waals surface area contributed by atoms with Crippen molar-refractivity contribution in [2.24, 2.45) is 11.8 Å². The van der Waals surface area contributed by atoms with Crippen LogP contribution in [0.2, 0.25) is 0 Å². The lowest BCUT2D eigenvalue weighted by molar-refractivity contribution is -0.133. The molecule has 6 nitrogen and oxygen atoms in total. The number of hydrogen-bond acceptors (Lipinski definition) is 4. The number of nitrogens with zero attached hydrogens (tertiary/aromatic N) is 2. The predicted octanol–water partition coefficient (Wildman–Crippen LogP) is 2.28. The molecule has 2 heterocycles. The van der Waals surface area contributed by atoms with Crippen LogP contribution in [-0.4, -0.2) is 61.6 Å². The number of carbonyl (C=O) groups is 1. The van der Waals surface area contributed by atoms with Crippen LogP contribution in [-0.2, 0) is 14.8 Å². The third kappa shape index (κ3) is 4.63. The lowest BCUT2D eigenvalue weighted by atomic mass is 10.0. The summed E-state index contributed by atoms with van der Waals surface area (Å²) in [4.78, 5) is 14.3. The molecule has 0 radical (unpaired) electrons. The maximum atomic E-state index is 12.8. The number of hydrogen-bond donors (Lipinski definition) is 0. The van der Waals surface area contributed by atoms with E-state index in [1.807, 2.05) is 45.0 Å². The number of sulfonamides is 1. The first kappa shape index (κ1) is 20.1. The highest BCUT2D eigenvalue weighted by Gasteiger charge is 2.47. The zero-order valence-electron chi connectivity index (χ0n) is 16.4. The minimum atomic E-state index is -3.25. The van der Waals surface area contributed by atoms with Gasteiger partial charge in [-0.3, -0.25) is 4.79 Å². The third-order valence-corrected chi connectivity index (χ3v) is 7.87. The number of amides is 1. The molecule has 2 fully saturated rings. The third-order valence-electron chi connectivity index (χ3n) is 5.46. The van der Waals surface area contributed by atoms with Gasteiger partial charge in [0, 0.05) is 26.2 Å². The summed E-state index contributed by atoms with van der Waals surface area (Å²) in [5.41, 5.74) is 1.14. The van der Waals surface area contributed by atoms with Gasteiger partial charge in [0.15, 0.2) is 6.61 Å². The van der Waals surface area contributed by atoms with Gasteiger partial charge in [0.05, 0.1) is 5.25 Å². The van der Waals surface area contributed by atoms with Gasteiger partial charge in [-0.1, -0.05) is 31.5 Å². The molecule has 3 rings (SSSR count). The fourth-order valence-electron chi connectivity index (χ4n) is 4.00. The van der Waals surface area contributed by atoms with E-state index in [1.165, 1.54) is 0 Å². The average molecular weight is 395 g/mol. The number of aryl methyl sites for hydroxylation is 1. The topological polar surface area (TPSA) is 66.9 Å². The Kier molecular flexibility index (Phi) is 6.11. The van der Waals surface area contributed by atoms with Gasteiger partial charge in [-0.15, -0.1) is 0 Å². The van der Waals surface area contributed by atoms with Crippen LogP contribution in [0.3, 0.4) is 0 Å². The van der Waals surface area contributed by atoms with E-state index in [-0.39, 0.29) is 23.7 Å². The van der Waals surface area contributed by atoms with Crippen molar-refractivity contribution in [1.82, 2.24) is 9.21 Å². The van der Waals surface area contributed by atoms with Gasteiger partial charge in [-0.2, -0.15) is 0 Å². The molecular formula is C20H30N2O4S. The van der Waals surface area contributed by atoms with Crippen LogP contribution in [0.1, 0.15) is 32.3 Å². The lowest BCUT2D eigenvalue weighted by Gasteiger charge is -2.23. The van der Waals surface area contributed by atoms with Crippen molar-refractivity contribution in [2.75, 3.05) is 32.8 Å². The molecule has 2 aliphatic rings. The van der Waals surface area contributed by atoms with Crippen LogP contribution >= 0.6 is 0 Å². The van der Waals surface area contributed by atoms with Gasteiger partial charge in [0.25, 0.3) is 5.91 Å². The van der Waals surface area contributed by atoms with Crippen LogP contribution in [0.5, 0.6) is 5.75 Å². The normalized spacial score (nSPS) is 25.3. The van der Waals surface area contributed by atoms with Crippen LogP contribution in [0.15, 0.2) is 24.3 Å². The largest absolute Gasteiger partial charge is 0.484 e. The number of ether oxygens (including phenoxy) is 1. The Morgan fingerprint density at radius 2 is 1.85 bits per heavy atom. The first-order valence-corrected chi connectivity index (χ1v) is 11.2. The first-order chi connectivity index (χ1) is 12.8. The van der Waals surface area contributed by atoms with Crippen LogP contribution < -0.4 is 4.74 Å². The molecule has 0 aliphatic carbocycles. The van der Waals surface area contributed by atoms with Crippen molar-refractivity contribution in [1.29, 1.82) is 0 Å². The van der Waals surface area contributed by atoms with Gasteiger partial charge < -0.3 is 9.64 Å². The number of fused-ring (bicyclic) bond motifs is 1.